The van der Waals surface area contributed by atoms with Crippen LogP contribution in [0.2, 0.25) is 5.02 Å². The predicted molar refractivity (Wildman–Crippen MR) is 196 cm³/mol. The van der Waals surface area contributed by atoms with Crippen LogP contribution in [0.3, 0.4) is 0 Å². The third kappa shape index (κ3) is 8.44. The second-order valence-electron chi connectivity index (χ2n) is 15.5. The summed E-state index contributed by atoms with van der Waals surface area (Å²) < 4.78 is 28.6. The number of nitrogens with zero attached hydrogens (tertiary/aromatic N) is 1. The highest BCUT2D eigenvalue weighted by molar-refractivity contribution is 7.91. The Morgan fingerprint density at radius 2 is 1.80 bits per heavy atom. The lowest BCUT2D eigenvalue weighted by atomic mass is 9.91. The van der Waals surface area contributed by atoms with Crippen LogP contribution in [-0.4, -0.2) is 78.3 Å². The summed E-state index contributed by atoms with van der Waals surface area (Å²) in [5.41, 5.74) is -1.82. The number of sulfonamides is 1. The average molecular weight is 760 g/mol. The van der Waals surface area contributed by atoms with Crippen LogP contribution in [0.25, 0.3) is 10.1 Å². The van der Waals surface area contributed by atoms with Crippen molar-refractivity contribution in [2.24, 2.45) is 11.3 Å². The van der Waals surface area contributed by atoms with Crippen molar-refractivity contribution in [3.05, 3.63) is 46.3 Å². The third-order valence-electron chi connectivity index (χ3n) is 9.98. The van der Waals surface area contributed by atoms with Gasteiger partial charge in [-0.3, -0.25) is 28.7 Å². The molecule has 2 aromatic rings. The predicted octanol–water partition coefficient (Wildman–Crippen LogP) is 4.18. The third-order valence-corrected chi connectivity index (χ3v) is 13.5. The fraction of sp³-hybridized carbons (Fsp3) is 0.583. The van der Waals surface area contributed by atoms with Gasteiger partial charge in [0.1, 0.15) is 22.5 Å². The maximum Gasteiger partial charge on any atom is 0.263 e. The van der Waals surface area contributed by atoms with Gasteiger partial charge in [-0.25, -0.2) is 8.42 Å². The summed E-state index contributed by atoms with van der Waals surface area (Å²) in [6.45, 7) is 5.78. The van der Waals surface area contributed by atoms with Gasteiger partial charge in [0, 0.05) is 35.0 Å². The average Bonchev–Trinajstić information content (AvgIpc) is 3.96. The number of hydrogen-bond donors (Lipinski definition) is 4. The van der Waals surface area contributed by atoms with Gasteiger partial charge < -0.3 is 20.9 Å². The van der Waals surface area contributed by atoms with Crippen LogP contribution in [0.4, 0.5) is 0 Å². The number of halogens is 1. The van der Waals surface area contributed by atoms with Gasteiger partial charge in [-0.1, -0.05) is 75.6 Å². The zero-order chi connectivity index (χ0) is 36.7. The number of hydrogen-bond acceptors (Lipinski definition) is 8. The molecule has 1 saturated heterocycles. The number of rotatable bonds is 7. The number of allylic oxidation sites excluding steroid dienone is 1. The molecule has 3 fully saturated rings. The molecule has 6 rings (SSSR count). The largest absolute Gasteiger partial charge is 0.347 e. The summed E-state index contributed by atoms with van der Waals surface area (Å²) in [5.74, 6) is -3.03. The molecule has 2 saturated carbocycles. The molecule has 5 atom stereocenters. The van der Waals surface area contributed by atoms with Gasteiger partial charge in [-0.05, 0) is 56.4 Å². The van der Waals surface area contributed by atoms with E-state index in [4.69, 9.17) is 11.6 Å². The lowest BCUT2D eigenvalue weighted by Crippen LogP contribution is -2.58. The van der Waals surface area contributed by atoms with Crippen LogP contribution in [0.1, 0.15) is 94.7 Å². The number of amides is 5. The first-order chi connectivity index (χ1) is 24.1. The Morgan fingerprint density at radius 1 is 1.06 bits per heavy atom. The van der Waals surface area contributed by atoms with Crippen LogP contribution in [0.5, 0.6) is 0 Å². The van der Waals surface area contributed by atoms with Gasteiger partial charge in [-0.15, -0.1) is 11.3 Å². The Bertz CT molecular complexity index is 1870. The molecule has 1 aromatic carbocycles. The monoisotopic (exact) mass is 759 g/mol. The number of carbonyl (C=O) groups excluding carboxylic acids is 5. The smallest absolute Gasteiger partial charge is 0.263 e. The van der Waals surface area contributed by atoms with Crippen molar-refractivity contribution in [3.8, 4) is 0 Å². The van der Waals surface area contributed by atoms with Gasteiger partial charge in [-0.2, -0.15) is 0 Å². The van der Waals surface area contributed by atoms with Gasteiger partial charge in [0.05, 0.1) is 10.3 Å². The Labute approximate surface area is 307 Å². The molecule has 51 heavy (non-hydrogen) atoms. The fourth-order valence-electron chi connectivity index (χ4n) is 7.04. The van der Waals surface area contributed by atoms with Crippen LogP contribution >= 0.6 is 22.9 Å². The molecule has 4 aliphatic rings. The number of benzene rings is 1. The Balaban J connectivity index is 1.28. The summed E-state index contributed by atoms with van der Waals surface area (Å²) in [7, 11) is -3.89. The first kappa shape index (κ1) is 37.3. The van der Waals surface area contributed by atoms with Gasteiger partial charge in [0.25, 0.3) is 11.8 Å². The van der Waals surface area contributed by atoms with Crippen molar-refractivity contribution in [2.75, 3.05) is 6.54 Å². The van der Waals surface area contributed by atoms with E-state index in [2.05, 4.69) is 20.7 Å². The first-order valence-corrected chi connectivity index (χ1v) is 20.4. The zero-order valence-corrected chi connectivity index (χ0v) is 31.5. The Morgan fingerprint density at radius 3 is 2.51 bits per heavy atom. The van der Waals surface area contributed by atoms with Crippen LogP contribution in [0.15, 0.2) is 36.4 Å². The molecular formula is C36H46ClN5O7S2. The minimum atomic E-state index is -3.89. The summed E-state index contributed by atoms with van der Waals surface area (Å²) >= 11 is 7.84. The van der Waals surface area contributed by atoms with E-state index < -0.39 is 68.5 Å². The summed E-state index contributed by atoms with van der Waals surface area (Å²) in [6.07, 6.45) is 8.50. The van der Waals surface area contributed by atoms with Gasteiger partial charge >= 0.3 is 0 Å². The standard InChI is InChI=1S/C36H46ClN5O7S2/c1-35(2,3)19-28(43)39-25-13-8-6-4-5-7-11-21-18-36(21,34(47)41-51(48,49)23-15-16-23)40-31(44)26-17-22(20-42(26)33(25)46)38-32(45)30-29(37)24-12-9-10-14-27(24)50-30/h7,9-12,14,21-23,25-26H,4-6,8,13,15-20H2,1-3H3,(H,38,45)(H,39,43)(H,40,44)(H,41,47)/t21-,22-,25+,26+,36-/m1/s1. The summed E-state index contributed by atoms with van der Waals surface area (Å²) in [6, 6.07) is 4.72. The summed E-state index contributed by atoms with van der Waals surface area (Å²) in [5, 5.41) is 9.18. The highest BCUT2D eigenvalue weighted by Crippen LogP contribution is 2.46. The molecule has 2 aliphatic carbocycles. The van der Waals surface area contributed by atoms with E-state index in [1.165, 1.54) is 16.2 Å². The van der Waals surface area contributed by atoms with E-state index >= 15 is 0 Å². The van der Waals surface area contributed by atoms with E-state index in [9.17, 15) is 32.4 Å². The lowest BCUT2D eigenvalue weighted by molar-refractivity contribution is -0.142. The Kier molecular flexibility index (Phi) is 10.6. The van der Waals surface area contributed by atoms with Gasteiger partial charge in [0.2, 0.25) is 27.7 Å². The number of carbonyl (C=O) groups is 5. The molecule has 0 bridgehead atoms. The quantitative estimate of drug-likeness (QED) is 0.307. The van der Waals surface area contributed by atoms with E-state index in [0.29, 0.717) is 42.0 Å². The van der Waals surface area contributed by atoms with Crippen LogP contribution < -0.4 is 20.7 Å². The minimum absolute atomic E-state index is 0.0184. The topological polar surface area (TPSA) is 171 Å². The number of nitrogens with one attached hydrogen (secondary N) is 4. The second-order valence-corrected chi connectivity index (χ2v) is 18.9. The zero-order valence-electron chi connectivity index (χ0n) is 29.1. The molecule has 0 radical (unpaired) electrons. The molecule has 5 amide bonds. The van der Waals surface area contributed by atoms with Crippen LogP contribution in [-0.2, 0) is 29.2 Å². The van der Waals surface area contributed by atoms with E-state index in [-0.39, 0.29) is 37.1 Å². The van der Waals surface area contributed by atoms with Crippen molar-refractivity contribution in [1.29, 1.82) is 0 Å². The van der Waals surface area contributed by atoms with Crippen molar-refractivity contribution in [3.63, 3.8) is 0 Å². The van der Waals surface area contributed by atoms with E-state index in [1.54, 1.807) is 0 Å². The van der Waals surface area contributed by atoms with Gasteiger partial charge in [0.15, 0.2) is 0 Å². The highest BCUT2D eigenvalue weighted by Gasteiger charge is 2.62. The van der Waals surface area contributed by atoms with Crippen molar-refractivity contribution < 1.29 is 32.4 Å². The second kappa shape index (κ2) is 14.5. The SMILES string of the molecule is CC(C)(C)CC(=O)N[C@H]1CCCCCC=C[C@@H]2C[C@@]2(C(=O)NS(=O)(=O)C2CC2)NC(=O)[C@@H]2C[C@@H](NC(=O)c3sc4ccccc4c3Cl)CN2C1=O. The molecule has 15 heteroatoms. The van der Waals surface area contributed by atoms with Crippen molar-refractivity contribution >= 4 is 72.6 Å². The molecule has 2 aliphatic heterocycles. The molecule has 12 nitrogen and oxygen atoms in total. The Hall–Kier alpha value is -3.49. The van der Waals surface area contributed by atoms with Crippen molar-refractivity contribution in [2.45, 2.75) is 114 Å². The summed E-state index contributed by atoms with van der Waals surface area (Å²) in [4.78, 5) is 70.7. The first-order valence-electron chi connectivity index (χ1n) is 17.7. The number of thiophene rings is 1. The normalized spacial score (nSPS) is 27.4. The molecule has 0 unspecified atom stereocenters. The lowest BCUT2D eigenvalue weighted by Gasteiger charge is -2.30. The molecule has 0 spiro atoms. The highest BCUT2D eigenvalue weighted by atomic mass is 35.5. The minimum Gasteiger partial charge on any atom is -0.347 e. The fourth-order valence-corrected chi connectivity index (χ4v) is 9.83. The number of fused-ring (bicyclic) bond motifs is 3. The van der Waals surface area contributed by atoms with E-state index in [0.717, 1.165) is 22.9 Å². The molecule has 3 heterocycles. The molecule has 1 aromatic heterocycles. The van der Waals surface area contributed by atoms with E-state index in [1.807, 2.05) is 57.2 Å². The molecule has 276 valence electrons. The maximum atomic E-state index is 14.4. The molecular weight excluding hydrogens is 714 g/mol. The maximum absolute atomic E-state index is 14.4. The van der Waals surface area contributed by atoms with Crippen molar-refractivity contribution in [1.82, 2.24) is 25.6 Å². The van der Waals surface area contributed by atoms with Crippen LogP contribution in [0, 0.1) is 11.3 Å². The molecule has 4 N–H and O–H groups in total.